The van der Waals surface area contributed by atoms with E-state index in [-0.39, 0.29) is 27.6 Å². The van der Waals surface area contributed by atoms with Crippen LogP contribution in [0.5, 0.6) is 0 Å². The van der Waals surface area contributed by atoms with Crippen LogP contribution in [0.2, 0.25) is 0 Å². The summed E-state index contributed by atoms with van der Waals surface area (Å²) in [5.74, 6) is -1.20. The van der Waals surface area contributed by atoms with Crippen molar-refractivity contribution in [3.05, 3.63) is 58.2 Å². The van der Waals surface area contributed by atoms with E-state index < -0.39 is 24.5 Å². The highest BCUT2D eigenvalue weighted by atomic mass is 32.1. The minimum atomic E-state index is -0.670. The van der Waals surface area contributed by atoms with Crippen LogP contribution in [-0.4, -0.2) is 41.0 Å². The van der Waals surface area contributed by atoms with E-state index in [2.05, 4.69) is 15.3 Å². The van der Waals surface area contributed by atoms with Gasteiger partial charge in [-0.05, 0) is 31.5 Å². The molecule has 0 unspecified atom stereocenters. The van der Waals surface area contributed by atoms with Crippen molar-refractivity contribution in [2.24, 2.45) is 0 Å². The smallest absolute Gasteiger partial charge is 0.348 e. The SMILES string of the molecule is CCOC(=O)c1sc(NC(=O)COC(=O)c2ccc(-c3ncc[nH]3)cc2)c(C#N)c1C. The van der Waals surface area contributed by atoms with E-state index >= 15 is 0 Å². The molecule has 0 radical (unpaired) electrons. The molecule has 31 heavy (non-hydrogen) atoms. The third-order valence-electron chi connectivity index (χ3n) is 4.20. The first kappa shape index (κ1) is 21.7. The molecule has 9 nitrogen and oxygen atoms in total. The van der Waals surface area contributed by atoms with Crippen molar-refractivity contribution in [2.45, 2.75) is 13.8 Å². The number of aromatic nitrogens is 2. The maximum Gasteiger partial charge on any atom is 0.348 e. The summed E-state index contributed by atoms with van der Waals surface area (Å²) in [4.78, 5) is 43.8. The van der Waals surface area contributed by atoms with Gasteiger partial charge in [-0.25, -0.2) is 14.6 Å². The second-order valence-electron chi connectivity index (χ2n) is 6.23. The number of rotatable bonds is 7. The first-order valence-electron chi connectivity index (χ1n) is 9.22. The van der Waals surface area contributed by atoms with Gasteiger partial charge in [0.15, 0.2) is 6.61 Å². The molecule has 0 atom stereocenters. The Labute approximate surface area is 181 Å². The summed E-state index contributed by atoms with van der Waals surface area (Å²) in [6, 6.07) is 8.52. The number of H-pyrrole nitrogens is 1. The summed E-state index contributed by atoms with van der Waals surface area (Å²) < 4.78 is 10.0. The number of nitrogens with zero attached hydrogens (tertiary/aromatic N) is 2. The van der Waals surface area contributed by atoms with E-state index in [9.17, 15) is 19.6 Å². The summed E-state index contributed by atoms with van der Waals surface area (Å²) in [6.45, 7) is 2.92. The number of imidazole rings is 1. The lowest BCUT2D eigenvalue weighted by atomic mass is 10.1. The second kappa shape index (κ2) is 9.69. The average molecular weight is 438 g/mol. The number of hydrogen-bond acceptors (Lipinski definition) is 8. The van der Waals surface area contributed by atoms with E-state index in [1.807, 2.05) is 6.07 Å². The van der Waals surface area contributed by atoms with Crippen molar-refractivity contribution >= 4 is 34.2 Å². The fourth-order valence-corrected chi connectivity index (χ4v) is 3.76. The maximum atomic E-state index is 12.2. The summed E-state index contributed by atoms with van der Waals surface area (Å²) in [6.07, 6.45) is 3.32. The number of hydrogen-bond donors (Lipinski definition) is 2. The van der Waals surface area contributed by atoms with Gasteiger partial charge in [-0.3, -0.25) is 4.79 Å². The predicted molar refractivity (Wildman–Crippen MR) is 113 cm³/mol. The fourth-order valence-electron chi connectivity index (χ4n) is 2.69. The zero-order valence-electron chi connectivity index (χ0n) is 16.7. The van der Waals surface area contributed by atoms with E-state index in [4.69, 9.17) is 9.47 Å². The van der Waals surface area contributed by atoms with Crippen LogP contribution in [0, 0.1) is 18.3 Å². The number of ether oxygens (including phenoxy) is 2. The van der Waals surface area contributed by atoms with Gasteiger partial charge in [0.2, 0.25) is 0 Å². The number of nitriles is 1. The van der Waals surface area contributed by atoms with Crippen LogP contribution in [0.25, 0.3) is 11.4 Å². The molecule has 0 fully saturated rings. The normalized spacial score (nSPS) is 10.2. The largest absolute Gasteiger partial charge is 0.462 e. The molecule has 3 rings (SSSR count). The molecule has 158 valence electrons. The van der Waals surface area contributed by atoms with Gasteiger partial charge in [0.1, 0.15) is 21.8 Å². The fraction of sp³-hybridized carbons (Fsp3) is 0.190. The van der Waals surface area contributed by atoms with Crippen molar-refractivity contribution in [3.63, 3.8) is 0 Å². The number of carbonyl (C=O) groups is 3. The van der Waals surface area contributed by atoms with Crippen molar-refractivity contribution in [1.82, 2.24) is 9.97 Å². The number of carbonyl (C=O) groups excluding carboxylic acids is 3. The third kappa shape index (κ3) is 4.96. The van der Waals surface area contributed by atoms with Gasteiger partial charge >= 0.3 is 11.9 Å². The molecule has 2 N–H and O–H groups in total. The molecule has 0 bridgehead atoms. The molecule has 0 aliphatic heterocycles. The molecular formula is C21H18N4O5S. The highest BCUT2D eigenvalue weighted by Crippen LogP contribution is 2.33. The highest BCUT2D eigenvalue weighted by Gasteiger charge is 2.22. The van der Waals surface area contributed by atoms with Crippen LogP contribution in [-0.2, 0) is 14.3 Å². The molecule has 0 spiro atoms. The number of benzene rings is 1. The molecular weight excluding hydrogens is 420 g/mol. The zero-order chi connectivity index (χ0) is 22.4. The predicted octanol–water partition coefficient (Wildman–Crippen LogP) is 3.29. The number of nitrogens with one attached hydrogen (secondary N) is 2. The first-order chi connectivity index (χ1) is 14.9. The summed E-state index contributed by atoms with van der Waals surface area (Å²) in [7, 11) is 0. The topological polar surface area (TPSA) is 134 Å². The van der Waals surface area contributed by atoms with Gasteiger partial charge < -0.3 is 19.8 Å². The Morgan fingerprint density at radius 3 is 2.55 bits per heavy atom. The molecule has 0 aliphatic carbocycles. The number of thiophene rings is 1. The van der Waals surface area contributed by atoms with Crippen LogP contribution < -0.4 is 5.32 Å². The third-order valence-corrected chi connectivity index (χ3v) is 5.39. The van der Waals surface area contributed by atoms with Crippen LogP contribution in [0.1, 0.15) is 38.1 Å². The maximum absolute atomic E-state index is 12.2. The Hall–Kier alpha value is -3.97. The van der Waals surface area contributed by atoms with Crippen LogP contribution >= 0.6 is 11.3 Å². The van der Waals surface area contributed by atoms with Crippen molar-refractivity contribution in [3.8, 4) is 17.5 Å². The van der Waals surface area contributed by atoms with Gasteiger partial charge in [0.25, 0.3) is 5.91 Å². The van der Waals surface area contributed by atoms with Gasteiger partial charge in [-0.15, -0.1) is 11.3 Å². The molecule has 1 amide bonds. The molecule has 2 aromatic heterocycles. The number of esters is 2. The summed E-state index contributed by atoms with van der Waals surface area (Å²) >= 11 is 0.940. The van der Waals surface area contributed by atoms with Crippen LogP contribution in [0.4, 0.5) is 5.00 Å². The van der Waals surface area contributed by atoms with Gasteiger partial charge in [-0.2, -0.15) is 5.26 Å². The Kier molecular flexibility index (Phi) is 6.79. The van der Waals surface area contributed by atoms with Gasteiger partial charge in [0, 0.05) is 18.0 Å². The molecule has 3 aromatic rings. The Balaban J connectivity index is 1.61. The Morgan fingerprint density at radius 2 is 1.94 bits per heavy atom. The van der Waals surface area contributed by atoms with Gasteiger partial charge in [-0.1, -0.05) is 12.1 Å². The molecule has 0 aliphatic rings. The van der Waals surface area contributed by atoms with E-state index in [1.165, 1.54) is 0 Å². The van der Waals surface area contributed by atoms with Crippen molar-refractivity contribution in [1.29, 1.82) is 5.26 Å². The summed E-state index contributed by atoms with van der Waals surface area (Å²) in [5.41, 5.74) is 1.67. The monoisotopic (exact) mass is 438 g/mol. The standard InChI is InChI=1S/C21H18N4O5S/c1-3-29-21(28)17-12(2)15(10-22)19(31-17)25-16(26)11-30-20(27)14-6-4-13(5-7-14)18-23-8-9-24-18/h4-9H,3,11H2,1-2H3,(H,23,24)(H,25,26). The lowest BCUT2D eigenvalue weighted by Crippen LogP contribution is -2.20. The Morgan fingerprint density at radius 1 is 1.19 bits per heavy atom. The van der Waals surface area contributed by atoms with Crippen molar-refractivity contribution < 1.29 is 23.9 Å². The number of aromatic amines is 1. The quantitative estimate of drug-likeness (QED) is 0.541. The number of amides is 1. The zero-order valence-corrected chi connectivity index (χ0v) is 17.5. The van der Waals surface area contributed by atoms with E-state index in [0.717, 1.165) is 16.9 Å². The molecule has 0 saturated heterocycles. The lowest BCUT2D eigenvalue weighted by Gasteiger charge is -2.06. The van der Waals surface area contributed by atoms with E-state index in [1.54, 1.807) is 50.5 Å². The minimum Gasteiger partial charge on any atom is -0.462 e. The second-order valence-corrected chi connectivity index (χ2v) is 7.25. The molecule has 0 saturated carbocycles. The van der Waals surface area contributed by atoms with Crippen LogP contribution in [0.15, 0.2) is 36.7 Å². The lowest BCUT2D eigenvalue weighted by molar-refractivity contribution is -0.119. The number of anilines is 1. The molecule has 1 aromatic carbocycles. The highest BCUT2D eigenvalue weighted by molar-refractivity contribution is 7.18. The first-order valence-corrected chi connectivity index (χ1v) is 10.0. The Bertz CT molecular complexity index is 1140. The van der Waals surface area contributed by atoms with E-state index in [0.29, 0.717) is 11.4 Å². The van der Waals surface area contributed by atoms with Crippen molar-refractivity contribution in [2.75, 3.05) is 18.5 Å². The molecule has 10 heteroatoms. The average Bonchev–Trinajstić information content (AvgIpc) is 3.40. The molecule has 2 heterocycles. The minimum absolute atomic E-state index is 0.168. The summed E-state index contributed by atoms with van der Waals surface area (Å²) in [5, 5.41) is 12.1. The van der Waals surface area contributed by atoms with Crippen LogP contribution in [0.3, 0.4) is 0 Å². The van der Waals surface area contributed by atoms with Gasteiger partial charge in [0.05, 0.1) is 17.7 Å².